The summed E-state index contributed by atoms with van der Waals surface area (Å²) >= 11 is 0. The first-order valence-electron chi connectivity index (χ1n) is 22.5. The fourth-order valence-corrected chi connectivity index (χ4v) is 8.13. The van der Waals surface area contributed by atoms with E-state index in [1.54, 1.807) is 28.4 Å². The second-order valence-electron chi connectivity index (χ2n) is 17.0. The van der Waals surface area contributed by atoms with Crippen LogP contribution in [0.1, 0.15) is 55.3 Å². The van der Waals surface area contributed by atoms with Crippen LogP contribution in [-0.2, 0) is 37.9 Å². The highest BCUT2D eigenvalue weighted by Gasteiger charge is 2.52. The van der Waals surface area contributed by atoms with Crippen LogP contribution in [0, 0.1) is 19.7 Å². The summed E-state index contributed by atoms with van der Waals surface area (Å²) in [5, 5.41) is 0. The molecule has 0 saturated heterocycles. The molecule has 13 heteroatoms. The number of hydrogen-bond acceptors (Lipinski definition) is 10. The standard InChI is InChI=1S/C51H72BN2O10/c1-38(2)31-49-50-39(3)32-43(17-11-41-13-19-45(20-14-41)63-47(34-59-27-23-55-7)35-60-28-24-56-8)53(50)52(5,6)54-44(33-40(4)51(49)54)18-12-42-15-21-46(22-16-42)64-48(36-61-29-25-57-9)37-62-30-26-58-10/h11-22,32-33,38,47-48H,5,23-31,34-37H2,1-4,6-10H3/q+1/b17-11+,18-12+. The van der Waals surface area contributed by atoms with Crippen LogP contribution in [-0.4, -0.2) is 141 Å². The quantitative estimate of drug-likeness (QED) is 0.0370. The van der Waals surface area contributed by atoms with Crippen LogP contribution in [0.25, 0.3) is 23.8 Å². The first-order valence-corrected chi connectivity index (χ1v) is 22.5. The zero-order chi connectivity index (χ0) is 45.9. The Morgan fingerprint density at radius 1 is 0.625 bits per heavy atom. The number of nitrogens with zero attached hydrogens (tertiary/aromatic N) is 2. The maximum Gasteiger partial charge on any atom is 0.557 e. The van der Waals surface area contributed by atoms with E-state index in [0.29, 0.717) is 85.2 Å². The third-order valence-corrected chi connectivity index (χ3v) is 11.0. The molecule has 0 amide bonds. The number of methoxy groups -OCH3 is 4. The Hall–Kier alpha value is -4.44. The molecule has 1 aromatic heterocycles. The lowest BCUT2D eigenvalue weighted by molar-refractivity contribution is -0.332. The molecule has 0 spiro atoms. The Morgan fingerprint density at radius 3 is 1.48 bits per heavy atom. The highest BCUT2D eigenvalue weighted by atomic mass is 16.6. The minimum atomic E-state index is -1.55. The van der Waals surface area contributed by atoms with E-state index in [4.69, 9.17) is 54.2 Å². The zero-order valence-electron chi connectivity index (χ0n) is 39.8. The van der Waals surface area contributed by atoms with Crippen LogP contribution < -0.4 is 9.47 Å². The number of aromatic nitrogens is 1. The lowest BCUT2D eigenvalue weighted by Crippen LogP contribution is -2.54. The molecule has 12 nitrogen and oxygen atoms in total. The Labute approximate surface area is 382 Å². The molecule has 0 fully saturated rings. The summed E-state index contributed by atoms with van der Waals surface area (Å²) < 4.78 is 61.1. The number of aryl methyl sites for hydroxylation is 1. The van der Waals surface area contributed by atoms with Crippen molar-refractivity contribution in [2.75, 3.05) is 108 Å². The van der Waals surface area contributed by atoms with E-state index >= 15 is 0 Å². The van der Waals surface area contributed by atoms with Crippen LogP contribution in [0.4, 0.5) is 0 Å². The average molecular weight is 884 g/mol. The number of rotatable bonds is 30. The van der Waals surface area contributed by atoms with E-state index in [-0.39, 0.29) is 12.2 Å². The molecule has 0 bridgehead atoms. The van der Waals surface area contributed by atoms with E-state index in [9.17, 15) is 0 Å². The van der Waals surface area contributed by atoms with Crippen molar-refractivity contribution in [2.45, 2.75) is 53.1 Å². The molecule has 2 aliphatic heterocycles. The van der Waals surface area contributed by atoms with E-state index < -0.39 is 6.42 Å². The SMILES string of the molecule is [CH2+][B-]1(C)n2c(/C=C/c3ccc(OC(COCCOC)COCCOC)cc3)cc(C)c2C(CC(C)C)=C2C(C)=CC(/C=C/c3ccc(OC(COCCOC)COCCOC)cc3)=[N+]21. The Morgan fingerprint density at radius 2 is 1.06 bits per heavy atom. The molecular formula is C51H72BN2O10+. The van der Waals surface area contributed by atoms with Gasteiger partial charge in [-0.2, -0.15) is 0 Å². The summed E-state index contributed by atoms with van der Waals surface area (Å²) in [6, 6.07) is 18.6. The maximum atomic E-state index is 6.29. The van der Waals surface area contributed by atoms with Gasteiger partial charge in [-0.15, -0.1) is 0 Å². The van der Waals surface area contributed by atoms with Crippen LogP contribution in [0.5, 0.6) is 11.5 Å². The van der Waals surface area contributed by atoms with Gasteiger partial charge in [-0.25, -0.2) is 0 Å². The number of benzene rings is 2. The molecule has 64 heavy (non-hydrogen) atoms. The highest BCUT2D eigenvalue weighted by molar-refractivity contribution is 6.73. The van der Waals surface area contributed by atoms with Gasteiger partial charge in [0, 0.05) is 63.1 Å². The molecule has 0 saturated carbocycles. The van der Waals surface area contributed by atoms with Gasteiger partial charge in [-0.05, 0) is 99.0 Å². The predicted octanol–water partition coefficient (Wildman–Crippen LogP) is 8.30. The summed E-state index contributed by atoms with van der Waals surface area (Å²) in [5.74, 6) is 1.96. The Balaban J connectivity index is 1.37. The van der Waals surface area contributed by atoms with Gasteiger partial charge in [0.05, 0.1) is 79.3 Å². The normalized spacial score (nSPS) is 16.3. The number of ether oxygens (including phenoxy) is 10. The van der Waals surface area contributed by atoms with E-state index in [1.165, 1.54) is 28.1 Å². The van der Waals surface area contributed by atoms with Crippen molar-refractivity contribution >= 4 is 35.9 Å². The Bertz CT molecular complexity index is 2030. The third-order valence-electron chi connectivity index (χ3n) is 11.0. The lowest BCUT2D eigenvalue weighted by atomic mass is 9.48. The molecule has 2 aliphatic rings. The summed E-state index contributed by atoms with van der Waals surface area (Å²) in [7, 11) is 6.63. The highest BCUT2D eigenvalue weighted by Crippen LogP contribution is 2.43. The summed E-state index contributed by atoms with van der Waals surface area (Å²) in [6.07, 6.45) is 9.91. The minimum Gasteiger partial charge on any atom is -0.486 e. The van der Waals surface area contributed by atoms with Crippen molar-refractivity contribution in [2.24, 2.45) is 5.92 Å². The van der Waals surface area contributed by atoms with Gasteiger partial charge in [0.2, 0.25) is 0 Å². The van der Waals surface area contributed by atoms with Crippen LogP contribution >= 0.6 is 0 Å². The predicted molar refractivity (Wildman–Crippen MR) is 257 cm³/mol. The van der Waals surface area contributed by atoms with Crippen LogP contribution in [0.2, 0.25) is 6.82 Å². The van der Waals surface area contributed by atoms with Gasteiger partial charge in [0.1, 0.15) is 23.7 Å². The van der Waals surface area contributed by atoms with Crippen LogP contribution in [0.15, 0.2) is 78.0 Å². The molecular weight excluding hydrogens is 811 g/mol. The fourth-order valence-electron chi connectivity index (χ4n) is 8.13. The molecule has 0 radical (unpaired) electrons. The number of allylic oxidation sites excluding steroid dienone is 4. The molecule has 1 unspecified atom stereocenters. The summed E-state index contributed by atoms with van der Waals surface area (Å²) in [5.41, 5.74) is 10.7. The molecule has 348 valence electrons. The second-order valence-corrected chi connectivity index (χ2v) is 17.0. The van der Waals surface area contributed by atoms with Crippen molar-refractivity contribution in [3.05, 3.63) is 113 Å². The van der Waals surface area contributed by atoms with Gasteiger partial charge in [0.25, 0.3) is 0 Å². The number of hydrogen-bond donors (Lipinski definition) is 0. The zero-order valence-corrected chi connectivity index (χ0v) is 39.8. The van der Waals surface area contributed by atoms with Gasteiger partial charge in [-0.3, -0.25) is 0 Å². The van der Waals surface area contributed by atoms with Gasteiger partial charge < -0.3 is 56.3 Å². The van der Waals surface area contributed by atoms with Crippen molar-refractivity contribution < 1.29 is 51.9 Å². The summed E-state index contributed by atoms with van der Waals surface area (Å²) in [4.78, 5) is 0. The monoisotopic (exact) mass is 884 g/mol. The van der Waals surface area contributed by atoms with E-state index in [2.05, 4.69) is 104 Å². The van der Waals surface area contributed by atoms with Crippen molar-refractivity contribution in [3.8, 4) is 11.5 Å². The second kappa shape index (κ2) is 25.9. The van der Waals surface area contributed by atoms with Crippen molar-refractivity contribution in [1.82, 2.24) is 4.48 Å². The minimum absolute atomic E-state index is 0.270. The van der Waals surface area contributed by atoms with Gasteiger partial charge >= 0.3 is 6.42 Å². The van der Waals surface area contributed by atoms with E-state index in [0.717, 1.165) is 40.5 Å². The lowest BCUT2D eigenvalue weighted by Gasteiger charge is -2.35. The molecule has 3 heterocycles. The molecule has 5 rings (SSSR count). The van der Waals surface area contributed by atoms with Gasteiger partial charge in [0.15, 0.2) is 11.4 Å². The Kier molecular flexibility index (Phi) is 20.5. The number of fused-ring (bicyclic) bond motifs is 2. The molecule has 1 atom stereocenters. The third kappa shape index (κ3) is 14.3. The average Bonchev–Trinajstić information content (AvgIpc) is 3.81. The molecule has 0 N–H and O–H groups in total. The molecule has 3 aromatic rings. The van der Waals surface area contributed by atoms with Crippen LogP contribution in [0.3, 0.4) is 0 Å². The summed E-state index contributed by atoms with van der Waals surface area (Å²) in [6.45, 7) is 21.9. The fraction of sp³-hybridized carbons (Fsp3) is 0.490. The smallest absolute Gasteiger partial charge is 0.486 e. The molecule has 2 aromatic carbocycles. The first-order chi connectivity index (χ1) is 31.0. The van der Waals surface area contributed by atoms with Crippen molar-refractivity contribution in [3.63, 3.8) is 0 Å². The topological polar surface area (TPSA) is 100 Å². The first kappa shape index (κ1) is 50.6. The van der Waals surface area contributed by atoms with E-state index in [1.807, 2.05) is 24.3 Å². The molecule has 0 aliphatic carbocycles. The maximum absolute atomic E-state index is 6.29. The largest absolute Gasteiger partial charge is 0.557 e. The van der Waals surface area contributed by atoms with Gasteiger partial charge in [-0.1, -0.05) is 44.2 Å². The van der Waals surface area contributed by atoms with Crippen molar-refractivity contribution in [1.29, 1.82) is 0 Å².